The Hall–Kier alpha value is 0.0900. The first-order chi connectivity index (χ1) is 7.44. The molecule has 0 radical (unpaired) electrons. The van der Waals surface area contributed by atoms with E-state index in [-0.39, 0.29) is 17.5 Å². The number of hydrogen-bond acceptors (Lipinski definition) is 4. The van der Waals surface area contributed by atoms with E-state index in [1.807, 2.05) is 18.4 Å². The van der Waals surface area contributed by atoms with Crippen LogP contribution in [0.5, 0.6) is 0 Å². The molecule has 1 heterocycles. The number of thiophene rings is 1. The Balaban J connectivity index is 2.42. The van der Waals surface area contributed by atoms with E-state index in [0.29, 0.717) is 6.54 Å². The van der Waals surface area contributed by atoms with Crippen molar-refractivity contribution in [3.05, 3.63) is 20.8 Å². The molecule has 6 heteroatoms. The highest BCUT2D eigenvalue weighted by molar-refractivity contribution is 9.10. The minimum atomic E-state index is -2.89. The molecule has 92 valence electrons. The van der Waals surface area contributed by atoms with Gasteiger partial charge in [-0.05, 0) is 34.3 Å². The van der Waals surface area contributed by atoms with Gasteiger partial charge < -0.3 is 5.32 Å². The van der Waals surface area contributed by atoms with Crippen LogP contribution in [0.2, 0.25) is 0 Å². The third-order valence-electron chi connectivity index (χ3n) is 2.25. The summed E-state index contributed by atoms with van der Waals surface area (Å²) in [5.74, 6) is 0.411. The standard InChI is InChI=1S/C10H16BrNO2S2/c1-3-16(13,14)7-8(2)12-6-10-9(11)4-5-15-10/h4-5,8,12H,3,6-7H2,1-2H3. The predicted molar refractivity (Wildman–Crippen MR) is 72.6 cm³/mol. The molecular weight excluding hydrogens is 310 g/mol. The van der Waals surface area contributed by atoms with E-state index >= 15 is 0 Å². The van der Waals surface area contributed by atoms with Crippen molar-refractivity contribution in [1.82, 2.24) is 5.32 Å². The second-order valence-corrected chi connectivity index (χ2v) is 7.93. The van der Waals surface area contributed by atoms with Crippen molar-refractivity contribution in [2.45, 2.75) is 26.4 Å². The molecule has 1 aromatic rings. The van der Waals surface area contributed by atoms with E-state index in [4.69, 9.17) is 0 Å². The SMILES string of the molecule is CCS(=O)(=O)CC(C)NCc1sccc1Br. The minimum Gasteiger partial charge on any atom is -0.308 e. The summed E-state index contributed by atoms with van der Waals surface area (Å²) in [6.07, 6.45) is 0. The van der Waals surface area contributed by atoms with E-state index in [2.05, 4.69) is 21.2 Å². The van der Waals surface area contributed by atoms with Gasteiger partial charge in [0.25, 0.3) is 0 Å². The summed E-state index contributed by atoms with van der Waals surface area (Å²) in [6.45, 7) is 4.28. The molecular formula is C10H16BrNO2S2. The van der Waals surface area contributed by atoms with Gasteiger partial charge in [-0.25, -0.2) is 8.42 Å². The zero-order chi connectivity index (χ0) is 12.2. The first-order valence-electron chi connectivity index (χ1n) is 5.10. The topological polar surface area (TPSA) is 46.2 Å². The van der Waals surface area contributed by atoms with Crippen LogP contribution in [-0.2, 0) is 16.4 Å². The molecule has 0 amide bonds. The summed E-state index contributed by atoms with van der Waals surface area (Å²) in [4.78, 5) is 1.20. The average molecular weight is 326 g/mol. The first kappa shape index (κ1) is 14.2. The lowest BCUT2D eigenvalue weighted by molar-refractivity contribution is 0.559. The molecule has 1 aromatic heterocycles. The lowest BCUT2D eigenvalue weighted by Gasteiger charge is -2.12. The van der Waals surface area contributed by atoms with Gasteiger partial charge in [0.15, 0.2) is 9.84 Å². The van der Waals surface area contributed by atoms with E-state index in [9.17, 15) is 8.42 Å². The van der Waals surface area contributed by atoms with Crippen LogP contribution >= 0.6 is 27.3 Å². The van der Waals surface area contributed by atoms with Gasteiger partial charge in [-0.15, -0.1) is 11.3 Å². The lowest BCUT2D eigenvalue weighted by Crippen LogP contribution is -2.33. The van der Waals surface area contributed by atoms with Gasteiger partial charge in [-0.1, -0.05) is 6.92 Å². The summed E-state index contributed by atoms with van der Waals surface area (Å²) >= 11 is 5.10. The molecule has 16 heavy (non-hydrogen) atoms. The molecule has 3 nitrogen and oxygen atoms in total. The van der Waals surface area contributed by atoms with Gasteiger partial charge in [0.05, 0.1) is 5.75 Å². The van der Waals surface area contributed by atoms with Crippen LogP contribution in [0.15, 0.2) is 15.9 Å². The molecule has 0 spiro atoms. The van der Waals surface area contributed by atoms with E-state index < -0.39 is 9.84 Å². The summed E-state index contributed by atoms with van der Waals surface area (Å²) in [5, 5.41) is 5.23. The van der Waals surface area contributed by atoms with Gasteiger partial charge in [0.2, 0.25) is 0 Å². The molecule has 1 rings (SSSR count). The third kappa shape index (κ3) is 4.53. The quantitative estimate of drug-likeness (QED) is 0.873. The van der Waals surface area contributed by atoms with Crippen LogP contribution in [0.3, 0.4) is 0 Å². The molecule has 0 fully saturated rings. The largest absolute Gasteiger partial charge is 0.308 e. The van der Waals surface area contributed by atoms with E-state index in [1.165, 1.54) is 4.88 Å². The van der Waals surface area contributed by atoms with Crippen molar-refractivity contribution in [2.75, 3.05) is 11.5 Å². The molecule has 0 aliphatic carbocycles. The smallest absolute Gasteiger partial charge is 0.151 e. The normalized spacial score (nSPS) is 13.9. The Labute approximate surface area is 109 Å². The highest BCUT2D eigenvalue weighted by Gasteiger charge is 2.13. The second-order valence-electron chi connectivity index (χ2n) is 3.67. The van der Waals surface area contributed by atoms with Crippen LogP contribution in [0.1, 0.15) is 18.7 Å². The van der Waals surface area contributed by atoms with Crippen molar-refractivity contribution in [1.29, 1.82) is 0 Å². The second kappa shape index (κ2) is 6.14. The molecule has 0 aromatic carbocycles. The molecule has 0 bridgehead atoms. The summed E-state index contributed by atoms with van der Waals surface area (Å²) < 4.78 is 23.9. The van der Waals surface area contributed by atoms with Gasteiger partial charge >= 0.3 is 0 Å². The Morgan fingerprint density at radius 3 is 2.75 bits per heavy atom. The van der Waals surface area contributed by atoms with Crippen molar-refractivity contribution in [2.24, 2.45) is 0 Å². The van der Waals surface area contributed by atoms with E-state index in [1.54, 1.807) is 18.3 Å². The highest BCUT2D eigenvalue weighted by Crippen LogP contribution is 2.22. The third-order valence-corrected chi connectivity index (χ3v) is 6.06. The Kier molecular flexibility index (Phi) is 5.43. The number of rotatable bonds is 6. The summed E-state index contributed by atoms with van der Waals surface area (Å²) in [7, 11) is -2.89. The molecule has 0 aliphatic heterocycles. The zero-order valence-electron chi connectivity index (χ0n) is 9.36. The monoisotopic (exact) mass is 325 g/mol. The fourth-order valence-electron chi connectivity index (χ4n) is 1.28. The average Bonchev–Trinajstić information content (AvgIpc) is 2.60. The zero-order valence-corrected chi connectivity index (χ0v) is 12.6. The Morgan fingerprint density at radius 1 is 1.56 bits per heavy atom. The van der Waals surface area contributed by atoms with Gasteiger partial charge in [-0.3, -0.25) is 0 Å². The molecule has 1 N–H and O–H groups in total. The first-order valence-corrected chi connectivity index (χ1v) is 8.59. The van der Waals surface area contributed by atoms with Crippen molar-refractivity contribution in [3.63, 3.8) is 0 Å². The molecule has 1 unspecified atom stereocenters. The molecule has 0 saturated heterocycles. The molecule has 0 saturated carbocycles. The summed E-state index contributed by atoms with van der Waals surface area (Å²) in [6, 6.07) is 1.98. The van der Waals surface area contributed by atoms with Crippen LogP contribution in [0, 0.1) is 0 Å². The fraction of sp³-hybridized carbons (Fsp3) is 0.600. The molecule has 1 atom stereocenters. The van der Waals surface area contributed by atoms with Gasteiger partial charge in [0.1, 0.15) is 0 Å². The number of halogens is 1. The van der Waals surface area contributed by atoms with Crippen molar-refractivity contribution >= 4 is 37.1 Å². The maximum absolute atomic E-state index is 11.4. The van der Waals surface area contributed by atoms with Crippen LogP contribution in [-0.4, -0.2) is 26.0 Å². The fourth-order valence-corrected chi connectivity index (χ4v) is 3.83. The number of sulfone groups is 1. The van der Waals surface area contributed by atoms with Crippen LogP contribution < -0.4 is 5.32 Å². The molecule has 0 aliphatic rings. The van der Waals surface area contributed by atoms with Crippen LogP contribution in [0.25, 0.3) is 0 Å². The van der Waals surface area contributed by atoms with Gasteiger partial charge in [-0.2, -0.15) is 0 Å². The maximum atomic E-state index is 11.4. The predicted octanol–water partition coefficient (Wildman–Crippen LogP) is 2.42. The maximum Gasteiger partial charge on any atom is 0.151 e. The number of hydrogen-bond donors (Lipinski definition) is 1. The van der Waals surface area contributed by atoms with Gasteiger partial charge in [0, 0.05) is 27.7 Å². The number of nitrogens with one attached hydrogen (secondary N) is 1. The minimum absolute atomic E-state index is 0.0149. The van der Waals surface area contributed by atoms with Crippen molar-refractivity contribution in [3.8, 4) is 0 Å². The van der Waals surface area contributed by atoms with Crippen molar-refractivity contribution < 1.29 is 8.42 Å². The summed E-state index contributed by atoms with van der Waals surface area (Å²) in [5.41, 5.74) is 0. The van der Waals surface area contributed by atoms with Crippen LogP contribution in [0.4, 0.5) is 0 Å². The Bertz CT molecular complexity index is 428. The highest BCUT2D eigenvalue weighted by atomic mass is 79.9. The lowest BCUT2D eigenvalue weighted by atomic mass is 10.3. The Morgan fingerprint density at radius 2 is 2.25 bits per heavy atom. The van der Waals surface area contributed by atoms with E-state index in [0.717, 1.165) is 4.47 Å².